The predicted molar refractivity (Wildman–Crippen MR) is 76.2 cm³/mol. The van der Waals surface area contributed by atoms with Crippen LogP contribution in [-0.2, 0) is 4.79 Å². The Bertz CT molecular complexity index is 677. The fraction of sp³-hybridized carbons (Fsp3) is 0.286. The summed E-state index contributed by atoms with van der Waals surface area (Å²) in [4.78, 5) is 28.8. The van der Waals surface area contributed by atoms with Gasteiger partial charge in [0, 0.05) is 35.9 Å². The monoisotopic (exact) mass is 272 g/mol. The van der Waals surface area contributed by atoms with Crippen LogP contribution in [-0.4, -0.2) is 41.3 Å². The molecule has 1 aliphatic heterocycles. The molecule has 1 aromatic heterocycles. The molecule has 3 rings (SSSR count). The number of rotatable bonds is 1. The van der Waals surface area contributed by atoms with E-state index in [1.54, 1.807) is 23.2 Å². The van der Waals surface area contributed by atoms with Crippen LogP contribution in [0.25, 0.3) is 10.9 Å². The summed E-state index contributed by atoms with van der Waals surface area (Å²) in [5, 5.41) is 3.55. The fourth-order valence-corrected chi connectivity index (χ4v) is 2.46. The number of anilines is 1. The number of nitrogens with two attached hydrogens (primary N) is 1. The average molecular weight is 272 g/mol. The van der Waals surface area contributed by atoms with Gasteiger partial charge in [-0.05, 0) is 24.6 Å². The van der Waals surface area contributed by atoms with Crippen molar-refractivity contribution in [3.8, 4) is 0 Å². The molecule has 0 bridgehead atoms. The molecular formula is C14H16N4O2. The molecule has 0 unspecified atom stereocenters. The molecule has 0 saturated carbocycles. The van der Waals surface area contributed by atoms with Crippen molar-refractivity contribution in [3.05, 3.63) is 30.0 Å². The Labute approximate surface area is 115 Å². The smallest absolute Gasteiger partial charge is 0.256 e. The zero-order valence-corrected chi connectivity index (χ0v) is 11.0. The minimum absolute atomic E-state index is 0.105. The molecule has 0 spiro atoms. The first-order chi connectivity index (χ1) is 9.65. The second-order valence-corrected chi connectivity index (χ2v) is 4.94. The summed E-state index contributed by atoms with van der Waals surface area (Å²) in [6.07, 6.45) is 2.44. The van der Waals surface area contributed by atoms with Crippen molar-refractivity contribution < 1.29 is 9.59 Å². The first-order valence-corrected chi connectivity index (χ1v) is 6.58. The maximum absolute atomic E-state index is 12.6. The molecule has 2 aromatic rings. The Balaban J connectivity index is 1.95. The SMILES string of the molecule is Nc1ccc2[nH]cc(C(=O)N3CCCNC(=O)C3)c2c1. The highest BCUT2D eigenvalue weighted by atomic mass is 16.2. The summed E-state index contributed by atoms with van der Waals surface area (Å²) in [5.74, 6) is -0.255. The van der Waals surface area contributed by atoms with Gasteiger partial charge in [0.15, 0.2) is 0 Å². The van der Waals surface area contributed by atoms with Crippen molar-refractivity contribution >= 4 is 28.4 Å². The summed E-state index contributed by atoms with van der Waals surface area (Å²) in [6, 6.07) is 5.40. The van der Waals surface area contributed by atoms with Crippen molar-refractivity contribution in [2.75, 3.05) is 25.4 Å². The molecule has 2 amide bonds. The van der Waals surface area contributed by atoms with E-state index in [0.29, 0.717) is 24.3 Å². The van der Waals surface area contributed by atoms with Crippen LogP contribution < -0.4 is 11.1 Å². The van der Waals surface area contributed by atoms with Crippen molar-refractivity contribution in [1.29, 1.82) is 0 Å². The van der Waals surface area contributed by atoms with E-state index in [4.69, 9.17) is 5.73 Å². The van der Waals surface area contributed by atoms with Crippen molar-refractivity contribution in [2.24, 2.45) is 0 Å². The Morgan fingerprint density at radius 2 is 2.20 bits per heavy atom. The summed E-state index contributed by atoms with van der Waals surface area (Å²) >= 11 is 0. The van der Waals surface area contributed by atoms with Gasteiger partial charge in [-0.2, -0.15) is 0 Å². The second kappa shape index (κ2) is 4.88. The molecule has 0 radical (unpaired) electrons. The van der Waals surface area contributed by atoms with Gasteiger partial charge in [-0.1, -0.05) is 0 Å². The first kappa shape index (κ1) is 12.5. The number of carbonyl (C=O) groups is 2. The number of H-pyrrole nitrogens is 1. The maximum Gasteiger partial charge on any atom is 0.256 e. The largest absolute Gasteiger partial charge is 0.399 e. The molecule has 104 valence electrons. The quantitative estimate of drug-likeness (QED) is 0.668. The molecule has 0 atom stereocenters. The molecule has 6 nitrogen and oxygen atoms in total. The highest BCUT2D eigenvalue weighted by Gasteiger charge is 2.23. The Morgan fingerprint density at radius 3 is 3.05 bits per heavy atom. The molecular weight excluding hydrogens is 256 g/mol. The van der Waals surface area contributed by atoms with Gasteiger partial charge in [-0.15, -0.1) is 0 Å². The van der Waals surface area contributed by atoms with E-state index in [2.05, 4.69) is 10.3 Å². The summed E-state index contributed by atoms with van der Waals surface area (Å²) in [5.41, 5.74) is 7.81. The highest BCUT2D eigenvalue weighted by molar-refractivity contribution is 6.08. The van der Waals surface area contributed by atoms with Crippen LogP contribution in [0.5, 0.6) is 0 Å². The number of fused-ring (bicyclic) bond motifs is 1. The molecule has 1 saturated heterocycles. The number of amides is 2. The third kappa shape index (κ3) is 2.20. The number of nitrogens with one attached hydrogen (secondary N) is 2. The second-order valence-electron chi connectivity index (χ2n) is 4.94. The van der Waals surface area contributed by atoms with Crippen LogP contribution in [0.2, 0.25) is 0 Å². The van der Waals surface area contributed by atoms with Crippen LogP contribution in [0.1, 0.15) is 16.8 Å². The molecule has 6 heteroatoms. The van der Waals surface area contributed by atoms with Crippen molar-refractivity contribution in [3.63, 3.8) is 0 Å². The molecule has 1 aromatic carbocycles. The third-order valence-corrected chi connectivity index (χ3v) is 3.48. The number of hydrogen-bond acceptors (Lipinski definition) is 3. The normalized spacial score (nSPS) is 16.0. The number of carbonyl (C=O) groups excluding carboxylic acids is 2. The number of nitrogens with zero attached hydrogens (tertiary/aromatic N) is 1. The molecule has 4 N–H and O–H groups in total. The number of aromatic nitrogens is 1. The summed E-state index contributed by atoms with van der Waals surface area (Å²) < 4.78 is 0. The first-order valence-electron chi connectivity index (χ1n) is 6.58. The lowest BCUT2D eigenvalue weighted by molar-refractivity contribution is -0.121. The van der Waals surface area contributed by atoms with Crippen LogP contribution in [0.15, 0.2) is 24.4 Å². The van der Waals surface area contributed by atoms with E-state index in [-0.39, 0.29) is 18.4 Å². The molecule has 20 heavy (non-hydrogen) atoms. The lowest BCUT2D eigenvalue weighted by atomic mass is 10.1. The van der Waals surface area contributed by atoms with E-state index in [1.807, 2.05) is 6.07 Å². The number of benzene rings is 1. The fourth-order valence-electron chi connectivity index (χ4n) is 2.46. The van der Waals surface area contributed by atoms with Crippen LogP contribution in [0.4, 0.5) is 5.69 Å². The van der Waals surface area contributed by atoms with Crippen molar-refractivity contribution in [1.82, 2.24) is 15.2 Å². The minimum atomic E-state index is -0.140. The molecule has 0 aliphatic carbocycles. The zero-order valence-electron chi connectivity index (χ0n) is 11.0. The van der Waals surface area contributed by atoms with Gasteiger partial charge in [0.1, 0.15) is 0 Å². The topological polar surface area (TPSA) is 91.2 Å². The number of nitrogen functional groups attached to an aromatic ring is 1. The van der Waals surface area contributed by atoms with E-state index >= 15 is 0 Å². The maximum atomic E-state index is 12.6. The lowest BCUT2D eigenvalue weighted by Crippen LogP contribution is -2.37. The number of aromatic amines is 1. The molecule has 1 aliphatic rings. The van der Waals surface area contributed by atoms with E-state index in [1.165, 1.54) is 0 Å². The Hall–Kier alpha value is -2.50. The van der Waals surface area contributed by atoms with Crippen LogP contribution in [0.3, 0.4) is 0 Å². The lowest BCUT2D eigenvalue weighted by Gasteiger charge is -2.18. The van der Waals surface area contributed by atoms with Crippen LogP contribution in [0, 0.1) is 0 Å². The van der Waals surface area contributed by atoms with E-state index in [0.717, 1.165) is 17.3 Å². The Kier molecular flexibility index (Phi) is 3.06. The Morgan fingerprint density at radius 1 is 1.35 bits per heavy atom. The van der Waals surface area contributed by atoms with E-state index < -0.39 is 0 Å². The average Bonchev–Trinajstić information content (AvgIpc) is 2.71. The third-order valence-electron chi connectivity index (χ3n) is 3.48. The highest BCUT2D eigenvalue weighted by Crippen LogP contribution is 2.22. The molecule has 1 fully saturated rings. The van der Waals surface area contributed by atoms with Gasteiger partial charge < -0.3 is 20.9 Å². The minimum Gasteiger partial charge on any atom is -0.399 e. The van der Waals surface area contributed by atoms with Gasteiger partial charge in [-0.3, -0.25) is 9.59 Å². The van der Waals surface area contributed by atoms with E-state index in [9.17, 15) is 9.59 Å². The van der Waals surface area contributed by atoms with Gasteiger partial charge in [0.2, 0.25) is 5.91 Å². The number of hydrogen-bond donors (Lipinski definition) is 3. The van der Waals surface area contributed by atoms with Gasteiger partial charge in [0.05, 0.1) is 12.1 Å². The predicted octanol–water partition coefficient (Wildman–Crippen LogP) is 0.712. The van der Waals surface area contributed by atoms with Crippen molar-refractivity contribution in [2.45, 2.75) is 6.42 Å². The zero-order chi connectivity index (χ0) is 14.1. The van der Waals surface area contributed by atoms with Gasteiger partial charge in [-0.25, -0.2) is 0 Å². The van der Waals surface area contributed by atoms with Gasteiger partial charge >= 0.3 is 0 Å². The standard InChI is InChI=1S/C14H16N4O2/c15-9-2-3-12-10(6-9)11(7-17-12)14(20)18-5-1-4-16-13(19)8-18/h2-3,6-7,17H,1,4-5,8,15H2,(H,16,19). The molecule has 2 heterocycles. The van der Waals surface area contributed by atoms with Gasteiger partial charge in [0.25, 0.3) is 5.91 Å². The van der Waals surface area contributed by atoms with Crippen LogP contribution >= 0.6 is 0 Å². The summed E-state index contributed by atoms with van der Waals surface area (Å²) in [7, 11) is 0. The summed E-state index contributed by atoms with van der Waals surface area (Å²) in [6.45, 7) is 1.30.